The Morgan fingerprint density at radius 2 is 1.89 bits per heavy atom. The lowest BCUT2D eigenvalue weighted by Gasteiger charge is -2.42. The smallest absolute Gasteiger partial charge is 0.410 e. The summed E-state index contributed by atoms with van der Waals surface area (Å²) in [6.07, 6.45) is 12.7. The summed E-state index contributed by atoms with van der Waals surface area (Å²) >= 11 is 0. The van der Waals surface area contributed by atoms with Gasteiger partial charge in [-0.2, -0.15) is 5.26 Å². The average Bonchev–Trinajstić information content (AvgIpc) is 3.64. The molecule has 0 aromatic carbocycles. The van der Waals surface area contributed by atoms with E-state index >= 15 is 0 Å². The fourth-order valence-corrected chi connectivity index (χ4v) is 7.14. The quantitative estimate of drug-likeness (QED) is 0.451. The summed E-state index contributed by atoms with van der Waals surface area (Å²) in [6, 6.07) is 2.01. The first-order valence-electron chi connectivity index (χ1n) is 16.0. The van der Waals surface area contributed by atoms with Crippen molar-refractivity contribution >= 4 is 23.6 Å². The van der Waals surface area contributed by atoms with Gasteiger partial charge in [0.25, 0.3) is 0 Å². The van der Waals surface area contributed by atoms with Crippen LogP contribution in [0, 0.1) is 40.9 Å². The van der Waals surface area contributed by atoms with Crippen molar-refractivity contribution in [2.45, 2.75) is 64.1 Å². The number of likely N-dealkylation sites (tertiary alicyclic amines) is 3. The largest absolute Gasteiger partial charge is 0.494 e. The maximum atomic E-state index is 13.2. The van der Waals surface area contributed by atoms with E-state index < -0.39 is 11.5 Å². The topological polar surface area (TPSA) is 128 Å². The number of rotatable bonds is 8. The normalized spacial score (nSPS) is 29.9. The highest BCUT2D eigenvalue weighted by molar-refractivity contribution is 6.04. The second kappa shape index (κ2) is 12.4. The summed E-state index contributed by atoms with van der Waals surface area (Å²) in [5, 5.41) is 12.2. The number of allylic oxidation sites excluding steroid dienone is 3. The van der Waals surface area contributed by atoms with Gasteiger partial charge in [0.05, 0.1) is 25.1 Å². The molecule has 1 N–H and O–H groups in total. The van der Waals surface area contributed by atoms with Gasteiger partial charge in [0.2, 0.25) is 11.8 Å². The molecule has 0 aromatic rings. The van der Waals surface area contributed by atoms with Crippen molar-refractivity contribution < 1.29 is 23.9 Å². The molecule has 6 rings (SSSR count). The van der Waals surface area contributed by atoms with Crippen LogP contribution in [-0.4, -0.2) is 102 Å². The van der Waals surface area contributed by atoms with Crippen molar-refractivity contribution in [2.75, 3.05) is 45.9 Å². The van der Waals surface area contributed by atoms with E-state index in [4.69, 9.17) is 9.47 Å². The first kappa shape index (κ1) is 30.4. The van der Waals surface area contributed by atoms with Crippen molar-refractivity contribution in [1.82, 2.24) is 20.0 Å². The molecule has 0 bridgehead atoms. The number of nitriles is 1. The molecule has 44 heavy (non-hydrogen) atoms. The summed E-state index contributed by atoms with van der Waals surface area (Å²) in [7, 11) is 0. The van der Waals surface area contributed by atoms with Crippen molar-refractivity contribution in [1.29, 1.82) is 5.26 Å². The Kier molecular flexibility index (Phi) is 8.55. The summed E-state index contributed by atoms with van der Waals surface area (Å²) in [5.74, 6) is 1.05. The van der Waals surface area contributed by atoms with Gasteiger partial charge < -0.3 is 29.5 Å². The van der Waals surface area contributed by atoms with Crippen LogP contribution in [0.2, 0.25) is 0 Å². The minimum absolute atomic E-state index is 0.103. The van der Waals surface area contributed by atoms with E-state index in [1.807, 2.05) is 43.9 Å². The molecule has 4 aliphatic heterocycles. The van der Waals surface area contributed by atoms with Gasteiger partial charge in [-0.1, -0.05) is 6.08 Å². The van der Waals surface area contributed by atoms with Crippen LogP contribution < -0.4 is 5.32 Å². The fraction of sp³-hybridized carbons (Fsp3) is 0.667. The van der Waals surface area contributed by atoms with Crippen LogP contribution in [0.25, 0.3) is 0 Å². The van der Waals surface area contributed by atoms with Crippen molar-refractivity contribution in [2.24, 2.45) is 34.6 Å². The number of hydrogen-bond donors (Lipinski definition) is 1. The molecule has 4 fully saturated rings. The molecule has 11 nitrogen and oxygen atoms in total. The zero-order chi connectivity index (χ0) is 31.0. The van der Waals surface area contributed by atoms with Gasteiger partial charge >= 0.3 is 6.09 Å². The fourth-order valence-electron chi connectivity index (χ4n) is 7.14. The van der Waals surface area contributed by atoms with Crippen LogP contribution in [-0.2, 0) is 19.1 Å². The van der Waals surface area contributed by atoms with E-state index in [1.54, 1.807) is 17.2 Å². The van der Waals surface area contributed by atoms with Gasteiger partial charge in [-0.05, 0) is 76.5 Å². The predicted octanol–water partition coefficient (Wildman–Crippen LogP) is 2.87. The predicted molar refractivity (Wildman–Crippen MR) is 163 cm³/mol. The number of nitrogens with one attached hydrogen (secondary N) is 1. The van der Waals surface area contributed by atoms with Crippen LogP contribution in [0.4, 0.5) is 4.79 Å². The third-order valence-electron chi connectivity index (χ3n) is 9.57. The maximum absolute atomic E-state index is 13.2. The number of carbonyl (C=O) groups is 3. The highest BCUT2D eigenvalue weighted by Crippen LogP contribution is 2.47. The summed E-state index contributed by atoms with van der Waals surface area (Å²) < 4.78 is 11.7. The van der Waals surface area contributed by atoms with Gasteiger partial charge in [0.15, 0.2) is 0 Å². The Balaban J connectivity index is 0.918. The minimum atomic E-state index is -0.487. The van der Waals surface area contributed by atoms with Gasteiger partial charge in [-0.25, -0.2) is 4.79 Å². The number of aliphatic imine (C=N–C) groups is 1. The van der Waals surface area contributed by atoms with Crippen molar-refractivity contribution in [3.8, 4) is 6.07 Å². The summed E-state index contributed by atoms with van der Waals surface area (Å²) in [6.45, 7) is 10.7. The summed E-state index contributed by atoms with van der Waals surface area (Å²) in [4.78, 5) is 48.7. The average molecular weight is 605 g/mol. The molecule has 2 aliphatic carbocycles. The van der Waals surface area contributed by atoms with E-state index in [-0.39, 0.29) is 42.5 Å². The monoisotopic (exact) mass is 604 g/mol. The van der Waals surface area contributed by atoms with Gasteiger partial charge in [-0.15, -0.1) is 0 Å². The minimum Gasteiger partial charge on any atom is -0.494 e. The Morgan fingerprint density at radius 1 is 1.11 bits per heavy atom. The Hall–Kier alpha value is -3.65. The molecule has 0 aromatic heterocycles. The molecule has 4 heterocycles. The molecular weight excluding hydrogens is 560 g/mol. The molecule has 3 saturated heterocycles. The first-order chi connectivity index (χ1) is 21.1. The lowest BCUT2D eigenvalue weighted by molar-refractivity contribution is -0.134. The zero-order valence-corrected chi connectivity index (χ0v) is 26.0. The molecule has 1 saturated carbocycles. The number of nitrogens with zero attached hydrogens (tertiary/aromatic N) is 5. The van der Waals surface area contributed by atoms with Crippen LogP contribution >= 0.6 is 0 Å². The van der Waals surface area contributed by atoms with Gasteiger partial charge in [0, 0.05) is 62.5 Å². The molecule has 2 unspecified atom stereocenters. The molecule has 6 aliphatic rings. The van der Waals surface area contributed by atoms with Crippen molar-refractivity contribution in [3.05, 3.63) is 36.3 Å². The number of amides is 3. The Bertz CT molecular complexity index is 1310. The lowest BCUT2D eigenvalue weighted by Crippen LogP contribution is -2.51. The highest BCUT2D eigenvalue weighted by atomic mass is 16.6. The van der Waals surface area contributed by atoms with Crippen LogP contribution in [0.5, 0.6) is 0 Å². The molecular formula is C33H44N6O5. The molecule has 3 amide bonds. The summed E-state index contributed by atoms with van der Waals surface area (Å²) in [5.41, 5.74) is 0.328. The van der Waals surface area contributed by atoms with Crippen LogP contribution in [0.3, 0.4) is 0 Å². The first-order valence-corrected chi connectivity index (χ1v) is 16.0. The lowest BCUT2D eigenvalue weighted by atomic mass is 9.83. The van der Waals surface area contributed by atoms with Gasteiger partial charge in [0.1, 0.15) is 17.4 Å². The highest BCUT2D eigenvalue weighted by Gasteiger charge is 2.54. The van der Waals surface area contributed by atoms with Crippen LogP contribution in [0.1, 0.15) is 46.5 Å². The number of ether oxygens (including phenoxy) is 2. The molecule has 0 spiro atoms. The van der Waals surface area contributed by atoms with Crippen LogP contribution in [0.15, 0.2) is 41.3 Å². The third kappa shape index (κ3) is 6.85. The van der Waals surface area contributed by atoms with E-state index in [0.717, 1.165) is 69.9 Å². The van der Waals surface area contributed by atoms with E-state index in [1.165, 1.54) is 0 Å². The standard InChI is InChI=1S/C33H44N6O5/c1-33(2,3)44-32(42)38-10-7-21(8-11-38)17-37-18-22(19-37)20-43-25-4-5-28-27(14-25)26(6-9-35-28)31(41)36-16-30(40)39-24(15-34)12-23-13-29(23)39/h4-6,9,14,21-24,26-27,29H,7-8,10-13,16-20H2,1-3H3,(H,36,41)/t23-,24+,26?,27?,29+/m1/s1. The molecule has 236 valence electrons. The SMILES string of the molecule is CC(C)(C)OC(=O)N1CCC(CN2CC(COC3=CC4C(=NC=CC4C(=O)NCC(=O)N4[C@H](C#N)C[C@@H]5C[C@@H]54)C=C3)C2)CC1. The van der Waals surface area contributed by atoms with E-state index in [9.17, 15) is 19.6 Å². The number of fused-ring (bicyclic) bond motifs is 2. The van der Waals surface area contributed by atoms with E-state index in [2.05, 4.69) is 21.3 Å². The maximum Gasteiger partial charge on any atom is 0.410 e. The second-order valence-electron chi connectivity index (χ2n) is 14.1. The molecule has 5 atom stereocenters. The molecule has 0 radical (unpaired) electrons. The number of carbonyl (C=O) groups excluding carboxylic acids is 3. The zero-order valence-electron chi connectivity index (χ0n) is 26.0. The van der Waals surface area contributed by atoms with E-state index in [0.29, 0.717) is 24.4 Å². The van der Waals surface area contributed by atoms with Gasteiger partial charge in [-0.3, -0.25) is 14.6 Å². The number of piperidine rings is 2. The van der Waals surface area contributed by atoms with Crippen molar-refractivity contribution in [3.63, 3.8) is 0 Å². The molecule has 11 heteroatoms. The Labute approximate surface area is 259 Å². The third-order valence-corrected chi connectivity index (χ3v) is 9.57. The Morgan fingerprint density at radius 3 is 2.61 bits per heavy atom. The number of hydrogen-bond acceptors (Lipinski definition) is 8. The second-order valence-corrected chi connectivity index (χ2v) is 14.1.